The van der Waals surface area contributed by atoms with Crippen LogP contribution >= 0.6 is 0 Å². The first-order chi connectivity index (χ1) is 13.6. The Morgan fingerprint density at radius 2 is 1.93 bits per heavy atom. The Kier molecular flexibility index (Phi) is 7.01. The van der Waals surface area contributed by atoms with Crippen molar-refractivity contribution in [3.8, 4) is 0 Å². The van der Waals surface area contributed by atoms with Crippen LogP contribution in [0.5, 0.6) is 0 Å². The highest BCUT2D eigenvalue weighted by Crippen LogP contribution is 2.23. The van der Waals surface area contributed by atoms with Crippen molar-refractivity contribution in [2.24, 2.45) is 0 Å². The minimum Gasteiger partial charge on any atom is -0.351 e. The van der Waals surface area contributed by atoms with Crippen molar-refractivity contribution in [3.05, 3.63) is 42.0 Å². The van der Waals surface area contributed by atoms with E-state index in [9.17, 15) is 9.59 Å². The van der Waals surface area contributed by atoms with Crippen LogP contribution in [0.3, 0.4) is 0 Å². The van der Waals surface area contributed by atoms with Gasteiger partial charge in [-0.3, -0.25) is 4.79 Å². The van der Waals surface area contributed by atoms with Crippen LogP contribution in [0.2, 0.25) is 0 Å². The summed E-state index contributed by atoms with van der Waals surface area (Å²) in [4.78, 5) is 25.9. The van der Waals surface area contributed by atoms with Gasteiger partial charge in [0.1, 0.15) is 6.29 Å². The molecule has 0 aliphatic carbocycles. The standard InChI is InChI=1S/C22H30N4O2/c1-3-25(4-2)13-11-23-22(28)19-8-7-18-15-20(10-9-17(18)14-19)24-26-12-5-6-21(26)16-27/h7-10,14-16,21,24H,3-6,11-13H2,1-2H3,(H,23,28)/t21-/m0/s1. The molecule has 1 saturated heterocycles. The third kappa shape index (κ3) is 4.88. The molecule has 2 aromatic carbocycles. The molecule has 1 amide bonds. The molecule has 0 saturated carbocycles. The Balaban J connectivity index is 1.64. The van der Waals surface area contributed by atoms with E-state index in [-0.39, 0.29) is 11.9 Å². The highest BCUT2D eigenvalue weighted by molar-refractivity contribution is 5.99. The third-order valence-corrected chi connectivity index (χ3v) is 5.44. The van der Waals surface area contributed by atoms with Crippen molar-refractivity contribution in [3.63, 3.8) is 0 Å². The highest BCUT2D eigenvalue weighted by atomic mass is 16.1. The number of carbonyl (C=O) groups is 2. The van der Waals surface area contributed by atoms with Crippen LogP contribution in [0.25, 0.3) is 10.8 Å². The summed E-state index contributed by atoms with van der Waals surface area (Å²) in [6.45, 7) is 8.61. The maximum Gasteiger partial charge on any atom is 0.251 e. The van der Waals surface area contributed by atoms with Gasteiger partial charge in [-0.1, -0.05) is 26.0 Å². The lowest BCUT2D eigenvalue weighted by Gasteiger charge is -2.22. The molecule has 1 heterocycles. The number of hydrogen-bond donors (Lipinski definition) is 2. The van der Waals surface area contributed by atoms with E-state index in [2.05, 4.69) is 35.6 Å². The van der Waals surface area contributed by atoms with Crippen molar-refractivity contribution in [2.45, 2.75) is 32.7 Å². The lowest BCUT2D eigenvalue weighted by Crippen LogP contribution is -2.35. The summed E-state index contributed by atoms with van der Waals surface area (Å²) in [5.74, 6) is -0.0397. The number of carbonyl (C=O) groups excluding carboxylic acids is 2. The summed E-state index contributed by atoms with van der Waals surface area (Å²) in [5, 5.41) is 7.08. The fraction of sp³-hybridized carbons (Fsp3) is 0.455. The maximum absolute atomic E-state index is 12.4. The molecule has 3 rings (SSSR count). The van der Waals surface area contributed by atoms with Gasteiger partial charge >= 0.3 is 0 Å². The van der Waals surface area contributed by atoms with E-state index in [4.69, 9.17) is 0 Å². The van der Waals surface area contributed by atoms with E-state index < -0.39 is 0 Å². The minimum atomic E-state index is -0.0573. The zero-order chi connectivity index (χ0) is 19.9. The molecule has 0 unspecified atom stereocenters. The van der Waals surface area contributed by atoms with Crippen LogP contribution in [0.1, 0.15) is 37.0 Å². The minimum absolute atomic E-state index is 0.0397. The summed E-state index contributed by atoms with van der Waals surface area (Å²) in [5.41, 5.74) is 4.97. The number of aldehydes is 1. The number of nitrogens with one attached hydrogen (secondary N) is 2. The van der Waals surface area contributed by atoms with E-state index in [1.54, 1.807) is 0 Å². The quantitative estimate of drug-likeness (QED) is 0.653. The van der Waals surface area contributed by atoms with E-state index >= 15 is 0 Å². The molecule has 1 atom stereocenters. The largest absolute Gasteiger partial charge is 0.351 e. The van der Waals surface area contributed by atoms with Crippen molar-refractivity contribution in [1.82, 2.24) is 15.2 Å². The summed E-state index contributed by atoms with van der Waals surface area (Å²) in [7, 11) is 0. The second-order valence-electron chi connectivity index (χ2n) is 7.21. The van der Waals surface area contributed by atoms with E-state index in [1.165, 1.54) is 0 Å². The first kappa shape index (κ1) is 20.3. The smallest absolute Gasteiger partial charge is 0.251 e. The van der Waals surface area contributed by atoms with E-state index in [0.717, 1.165) is 61.8 Å². The molecule has 0 aromatic heterocycles. The number of benzene rings is 2. The lowest BCUT2D eigenvalue weighted by atomic mass is 10.1. The first-order valence-corrected chi connectivity index (χ1v) is 10.2. The molecule has 0 bridgehead atoms. The number of amides is 1. The zero-order valence-corrected chi connectivity index (χ0v) is 16.8. The molecule has 1 fully saturated rings. The van der Waals surface area contributed by atoms with Crippen molar-refractivity contribution in [1.29, 1.82) is 0 Å². The Morgan fingerprint density at radius 3 is 2.68 bits per heavy atom. The molecule has 1 aliphatic rings. The Bertz CT molecular complexity index is 819. The van der Waals surface area contributed by atoms with E-state index in [0.29, 0.717) is 12.1 Å². The molecule has 150 valence electrons. The fourth-order valence-electron chi connectivity index (χ4n) is 3.66. The van der Waals surface area contributed by atoms with Gasteiger partial charge in [0.05, 0.1) is 6.04 Å². The molecule has 1 aliphatic heterocycles. The van der Waals surface area contributed by atoms with Crippen LogP contribution in [0, 0.1) is 0 Å². The van der Waals surface area contributed by atoms with Crippen LogP contribution in [0.15, 0.2) is 36.4 Å². The van der Waals surface area contributed by atoms with Crippen LogP contribution in [-0.4, -0.2) is 60.9 Å². The lowest BCUT2D eigenvalue weighted by molar-refractivity contribution is -0.111. The number of rotatable bonds is 9. The molecule has 6 nitrogen and oxygen atoms in total. The SMILES string of the molecule is CCN(CC)CCNC(=O)c1ccc2cc(NN3CCC[C@H]3C=O)ccc2c1. The van der Waals surface area contributed by atoms with Gasteiger partial charge in [-0.2, -0.15) is 0 Å². The average molecular weight is 383 g/mol. The third-order valence-electron chi connectivity index (χ3n) is 5.44. The fourth-order valence-corrected chi connectivity index (χ4v) is 3.66. The van der Waals surface area contributed by atoms with Gasteiger partial charge < -0.3 is 20.4 Å². The Morgan fingerprint density at radius 1 is 1.18 bits per heavy atom. The summed E-state index contributed by atoms with van der Waals surface area (Å²) >= 11 is 0. The normalized spacial score (nSPS) is 17.2. The molecule has 0 radical (unpaired) electrons. The molecule has 28 heavy (non-hydrogen) atoms. The number of fused-ring (bicyclic) bond motifs is 1. The number of nitrogens with zero attached hydrogens (tertiary/aromatic N) is 2. The number of hydrazine groups is 1. The van der Waals surface area contributed by atoms with Gasteiger partial charge in [-0.25, -0.2) is 5.01 Å². The van der Waals surface area contributed by atoms with Crippen molar-refractivity contribution in [2.75, 3.05) is 38.1 Å². The predicted molar refractivity (Wildman–Crippen MR) is 113 cm³/mol. The van der Waals surface area contributed by atoms with Crippen LogP contribution < -0.4 is 10.7 Å². The highest BCUT2D eigenvalue weighted by Gasteiger charge is 2.23. The molecule has 6 heteroatoms. The van der Waals surface area contributed by atoms with Crippen molar-refractivity contribution < 1.29 is 9.59 Å². The number of hydrogen-bond acceptors (Lipinski definition) is 5. The van der Waals surface area contributed by atoms with Crippen LogP contribution in [-0.2, 0) is 4.79 Å². The van der Waals surface area contributed by atoms with E-state index in [1.807, 2.05) is 35.3 Å². The number of likely N-dealkylation sites (N-methyl/N-ethyl adjacent to an activating group) is 1. The van der Waals surface area contributed by atoms with Gasteiger partial charge in [0.2, 0.25) is 0 Å². The summed E-state index contributed by atoms with van der Waals surface area (Å²) in [6, 6.07) is 11.8. The topological polar surface area (TPSA) is 64.7 Å². The van der Waals surface area contributed by atoms with Crippen LogP contribution in [0.4, 0.5) is 5.69 Å². The Hall–Kier alpha value is -2.44. The summed E-state index contributed by atoms with van der Waals surface area (Å²) in [6.07, 6.45) is 2.93. The molecule has 2 N–H and O–H groups in total. The zero-order valence-electron chi connectivity index (χ0n) is 16.8. The molecule has 0 spiro atoms. The predicted octanol–water partition coefficient (Wildman–Crippen LogP) is 2.90. The maximum atomic E-state index is 12.4. The average Bonchev–Trinajstić information content (AvgIpc) is 3.17. The number of anilines is 1. The van der Waals surface area contributed by atoms with Gasteiger partial charge in [0.25, 0.3) is 5.91 Å². The van der Waals surface area contributed by atoms with Gasteiger partial charge in [0.15, 0.2) is 0 Å². The first-order valence-electron chi connectivity index (χ1n) is 10.2. The van der Waals surface area contributed by atoms with Crippen molar-refractivity contribution >= 4 is 28.7 Å². The second kappa shape index (κ2) is 9.66. The Labute approximate surface area is 166 Å². The second-order valence-corrected chi connectivity index (χ2v) is 7.21. The molecular formula is C22H30N4O2. The molecule has 2 aromatic rings. The summed E-state index contributed by atoms with van der Waals surface area (Å²) < 4.78 is 0. The van der Waals surface area contributed by atoms with Gasteiger partial charge in [-0.05, 0) is 61.0 Å². The monoisotopic (exact) mass is 382 g/mol. The van der Waals surface area contributed by atoms with Gasteiger partial charge in [-0.15, -0.1) is 0 Å². The van der Waals surface area contributed by atoms with Gasteiger partial charge in [0, 0.05) is 30.9 Å². The molecular weight excluding hydrogens is 352 g/mol.